The van der Waals surface area contributed by atoms with Crippen molar-refractivity contribution >= 4 is 10.9 Å². The summed E-state index contributed by atoms with van der Waals surface area (Å²) in [4.78, 5) is 17.9. The zero-order valence-electron chi connectivity index (χ0n) is 14.4. The lowest BCUT2D eigenvalue weighted by Gasteiger charge is -2.19. The molecule has 0 unspecified atom stereocenters. The third-order valence-electron chi connectivity index (χ3n) is 4.42. The number of rotatable bonds is 7. The number of aromatic nitrogens is 1. The smallest absolute Gasteiger partial charge is 0.198 e. The highest BCUT2D eigenvalue weighted by Crippen LogP contribution is 2.13. The number of hydrogen-bond acceptors (Lipinski definition) is 1. The van der Waals surface area contributed by atoms with E-state index in [2.05, 4.69) is 37.9 Å². The molecule has 2 rings (SSSR count). The fourth-order valence-corrected chi connectivity index (χ4v) is 3.19. The number of quaternary nitrogens is 1. The normalized spacial score (nSPS) is 11.5. The molecule has 1 aromatic heterocycles. The fraction of sp³-hybridized carbons (Fsp3) is 0.526. The summed E-state index contributed by atoms with van der Waals surface area (Å²) in [7, 11) is 0. The van der Waals surface area contributed by atoms with Gasteiger partial charge in [0.1, 0.15) is 6.54 Å². The monoisotopic (exact) mass is 301 g/mol. The molecule has 0 fully saturated rings. The van der Waals surface area contributed by atoms with Gasteiger partial charge >= 0.3 is 0 Å². The molecule has 3 heteroatoms. The van der Waals surface area contributed by atoms with Gasteiger partial charge in [-0.1, -0.05) is 26.8 Å². The molecular weight excluding hydrogens is 272 g/mol. The summed E-state index contributed by atoms with van der Waals surface area (Å²) in [5, 5.41) is 0.840. The van der Waals surface area contributed by atoms with Crippen LogP contribution in [0.5, 0.6) is 0 Å². The average molecular weight is 301 g/mol. The topological polar surface area (TPSA) is 37.3 Å². The van der Waals surface area contributed by atoms with Gasteiger partial charge in [-0.05, 0) is 43.9 Å². The van der Waals surface area contributed by atoms with E-state index in [1.807, 2.05) is 13.0 Å². The highest BCUT2D eigenvalue weighted by atomic mass is 16.1. The Bertz CT molecular complexity index is 682. The fourth-order valence-electron chi connectivity index (χ4n) is 3.19. The van der Waals surface area contributed by atoms with E-state index in [1.165, 1.54) is 10.5 Å². The summed E-state index contributed by atoms with van der Waals surface area (Å²) in [5.74, 6) is 0. The lowest BCUT2D eigenvalue weighted by molar-refractivity contribution is -0.914. The van der Waals surface area contributed by atoms with Crippen LogP contribution in [0.4, 0.5) is 0 Å². The number of nitrogens with one attached hydrogen (secondary N) is 2. The lowest BCUT2D eigenvalue weighted by Crippen LogP contribution is -3.10. The minimum absolute atomic E-state index is 0.214. The highest BCUT2D eigenvalue weighted by molar-refractivity contribution is 5.80. The van der Waals surface area contributed by atoms with Crippen molar-refractivity contribution < 1.29 is 4.90 Å². The Balaban J connectivity index is 2.46. The van der Waals surface area contributed by atoms with E-state index in [1.54, 1.807) is 0 Å². The van der Waals surface area contributed by atoms with Crippen LogP contribution in [0.15, 0.2) is 23.0 Å². The van der Waals surface area contributed by atoms with Crippen LogP contribution in [0.2, 0.25) is 0 Å². The van der Waals surface area contributed by atoms with Gasteiger partial charge < -0.3 is 9.88 Å². The number of hydrogen-bond donors (Lipinski definition) is 2. The van der Waals surface area contributed by atoms with Gasteiger partial charge in [0.15, 0.2) is 5.43 Å². The number of benzene rings is 1. The van der Waals surface area contributed by atoms with Gasteiger partial charge in [0.25, 0.3) is 0 Å². The number of fused-ring (bicyclic) bond motifs is 1. The summed E-state index contributed by atoms with van der Waals surface area (Å²) in [6.07, 6.45) is 3.27. The van der Waals surface area contributed by atoms with Gasteiger partial charge in [0.2, 0.25) is 0 Å². The van der Waals surface area contributed by atoms with Crippen molar-refractivity contribution in [2.45, 2.75) is 53.5 Å². The first kappa shape index (κ1) is 16.8. The summed E-state index contributed by atoms with van der Waals surface area (Å²) >= 11 is 0. The van der Waals surface area contributed by atoms with Gasteiger partial charge in [-0.2, -0.15) is 0 Å². The molecule has 0 atom stereocenters. The van der Waals surface area contributed by atoms with Crippen LogP contribution in [0.25, 0.3) is 10.9 Å². The van der Waals surface area contributed by atoms with E-state index in [0.29, 0.717) is 0 Å². The second-order valence-corrected chi connectivity index (χ2v) is 6.22. The number of pyridine rings is 1. The van der Waals surface area contributed by atoms with E-state index in [9.17, 15) is 4.79 Å². The Labute approximate surface area is 133 Å². The van der Waals surface area contributed by atoms with Gasteiger partial charge in [-0.15, -0.1) is 0 Å². The minimum atomic E-state index is 0.214. The molecule has 0 aliphatic rings. The molecule has 3 nitrogen and oxygen atoms in total. The summed E-state index contributed by atoms with van der Waals surface area (Å²) in [6, 6.07) is 6.19. The van der Waals surface area contributed by atoms with E-state index < -0.39 is 0 Å². The van der Waals surface area contributed by atoms with E-state index in [0.717, 1.165) is 61.1 Å². The molecule has 0 radical (unpaired) electrons. The van der Waals surface area contributed by atoms with Crippen LogP contribution in [-0.4, -0.2) is 18.1 Å². The Morgan fingerprint density at radius 3 is 2.36 bits per heavy atom. The van der Waals surface area contributed by atoms with Crippen molar-refractivity contribution in [1.29, 1.82) is 0 Å². The molecule has 0 aliphatic heterocycles. The van der Waals surface area contributed by atoms with Gasteiger partial charge in [-0.25, -0.2) is 0 Å². The molecule has 2 aromatic rings. The molecule has 0 bridgehead atoms. The molecular formula is C19H29N2O+. The third-order valence-corrected chi connectivity index (χ3v) is 4.42. The molecule has 0 aliphatic carbocycles. The molecule has 22 heavy (non-hydrogen) atoms. The van der Waals surface area contributed by atoms with Crippen LogP contribution in [0.3, 0.4) is 0 Å². The molecule has 1 aromatic carbocycles. The first-order chi connectivity index (χ1) is 10.6. The van der Waals surface area contributed by atoms with E-state index >= 15 is 0 Å². The summed E-state index contributed by atoms with van der Waals surface area (Å²) in [6.45, 7) is 11.6. The maximum atomic E-state index is 12.9. The van der Waals surface area contributed by atoms with Gasteiger partial charge in [0.05, 0.1) is 18.7 Å². The van der Waals surface area contributed by atoms with E-state index in [4.69, 9.17) is 0 Å². The minimum Gasteiger partial charge on any atom is -0.358 e. The Kier molecular flexibility index (Phi) is 5.78. The SMILES string of the molecule is CCC[NH+](CCC)Cc1c(C)[nH]c2ccc(CC)cc2c1=O. The maximum absolute atomic E-state index is 12.9. The van der Waals surface area contributed by atoms with Crippen LogP contribution >= 0.6 is 0 Å². The molecule has 0 amide bonds. The van der Waals surface area contributed by atoms with E-state index in [-0.39, 0.29) is 5.43 Å². The first-order valence-electron chi connectivity index (χ1n) is 8.58. The maximum Gasteiger partial charge on any atom is 0.198 e. The van der Waals surface area contributed by atoms with Crippen molar-refractivity contribution in [3.05, 3.63) is 45.2 Å². The zero-order valence-corrected chi connectivity index (χ0v) is 14.4. The van der Waals surface area contributed by atoms with Crippen LogP contribution in [0, 0.1) is 6.92 Å². The van der Waals surface area contributed by atoms with Crippen molar-refractivity contribution in [2.24, 2.45) is 0 Å². The standard InChI is InChI=1S/C19H28N2O/c1-5-10-21(11-6-2)13-17-14(4)20-18-9-8-15(7-3)12-16(18)19(17)22/h8-9,12H,5-7,10-11,13H2,1-4H3,(H,20,22)/p+1. The second-order valence-electron chi connectivity index (χ2n) is 6.22. The van der Waals surface area contributed by atoms with Crippen molar-refractivity contribution in [1.82, 2.24) is 4.98 Å². The zero-order chi connectivity index (χ0) is 16.1. The Hall–Kier alpha value is -1.61. The molecule has 0 saturated carbocycles. The predicted octanol–water partition coefficient (Wildman–Crippen LogP) is 2.60. The molecule has 120 valence electrons. The number of aryl methyl sites for hydroxylation is 2. The van der Waals surface area contributed by atoms with Gasteiger partial charge in [0, 0.05) is 16.6 Å². The Morgan fingerprint density at radius 1 is 1.09 bits per heavy atom. The number of aromatic amines is 1. The van der Waals surface area contributed by atoms with Crippen molar-refractivity contribution in [3.63, 3.8) is 0 Å². The molecule has 0 spiro atoms. The lowest BCUT2D eigenvalue weighted by atomic mass is 10.0. The van der Waals surface area contributed by atoms with Crippen LogP contribution in [0.1, 0.15) is 50.4 Å². The summed E-state index contributed by atoms with van der Waals surface area (Å²) in [5.41, 5.74) is 4.37. The van der Waals surface area contributed by atoms with Gasteiger partial charge in [-0.3, -0.25) is 4.79 Å². The predicted molar refractivity (Wildman–Crippen MR) is 93.7 cm³/mol. The average Bonchev–Trinajstić information content (AvgIpc) is 2.51. The molecule has 0 saturated heterocycles. The molecule has 2 N–H and O–H groups in total. The summed E-state index contributed by atoms with van der Waals surface area (Å²) < 4.78 is 0. The third kappa shape index (κ3) is 3.58. The first-order valence-corrected chi connectivity index (χ1v) is 8.58. The second kappa shape index (κ2) is 7.59. The largest absolute Gasteiger partial charge is 0.358 e. The van der Waals surface area contributed by atoms with Crippen molar-refractivity contribution in [2.75, 3.05) is 13.1 Å². The van der Waals surface area contributed by atoms with Crippen LogP contribution < -0.4 is 10.3 Å². The number of H-pyrrole nitrogens is 1. The molecule has 1 heterocycles. The highest BCUT2D eigenvalue weighted by Gasteiger charge is 2.15. The van der Waals surface area contributed by atoms with Crippen molar-refractivity contribution in [3.8, 4) is 0 Å². The quantitative estimate of drug-likeness (QED) is 0.810. The Morgan fingerprint density at radius 2 is 1.77 bits per heavy atom. The van der Waals surface area contributed by atoms with Crippen LogP contribution in [-0.2, 0) is 13.0 Å².